The molecule has 1 aliphatic rings. The van der Waals surface area contributed by atoms with Gasteiger partial charge in [0.25, 0.3) is 0 Å². The topological polar surface area (TPSA) is 75.7 Å². The van der Waals surface area contributed by atoms with E-state index in [1.807, 2.05) is 0 Å². The summed E-state index contributed by atoms with van der Waals surface area (Å²) in [5, 5.41) is 2.72. The van der Waals surface area contributed by atoms with Crippen LogP contribution in [-0.4, -0.2) is 42.4 Å². The van der Waals surface area contributed by atoms with Crippen LogP contribution in [0.15, 0.2) is 24.3 Å². The second-order valence-corrected chi connectivity index (χ2v) is 5.12. The first-order chi connectivity index (χ1) is 10.6. The Kier molecular flexibility index (Phi) is 5.52. The summed E-state index contributed by atoms with van der Waals surface area (Å²) in [6.45, 7) is 2.77. The number of carbonyl (C=O) groups is 3. The minimum atomic E-state index is -0.390. The van der Waals surface area contributed by atoms with Crippen molar-refractivity contribution < 1.29 is 19.1 Å². The van der Waals surface area contributed by atoms with Crippen molar-refractivity contribution in [1.29, 1.82) is 0 Å². The highest BCUT2D eigenvalue weighted by atomic mass is 16.5. The van der Waals surface area contributed by atoms with Gasteiger partial charge in [0.2, 0.25) is 11.8 Å². The highest BCUT2D eigenvalue weighted by molar-refractivity contribution is 5.95. The molecule has 1 N–H and O–H groups in total. The Morgan fingerprint density at radius 2 is 1.95 bits per heavy atom. The van der Waals surface area contributed by atoms with E-state index in [0.29, 0.717) is 30.8 Å². The van der Waals surface area contributed by atoms with E-state index < -0.39 is 0 Å². The molecule has 0 bridgehead atoms. The molecule has 0 radical (unpaired) electrons. The van der Waals surface area contributed by atoms with Crippen LogP contribution in [0.3, 0.4) is 0 Å². The highest BCUT2D eigenvalue weighted by Crippen LogP contribution is 2.13. The van der Waals surface area contributed by atoms with Crippen LogP contribution < -0.4 is 5.32 Å². The average molecular weight is 304 g/mol. The van der Waals surface area contributed by atoms with Gasteiger partial charge in [0.05, 0.1) is 18.7 Å². The summed E-state index contributed by atoms with van der Waals surface area (Å²) in [4.78, 5) is 36.7. The number of hydrogen-bond donors (Lipinski definition) is 1. The summed E-state index contributed by atoms with van der Waals surface area (Å²) in [7, 11) is 0. The molecule has 1 fully saturated rings. The van der Waals surface area contributed by atoms with Crippen LogP contribution in [0.2, 0.25) is 0 Å². The Bertz CT molecular complexity index is 554. The largest absolute Gasteiger partial charge is 0.462 e. The predicted octanol–water partition coefficient (Wildman–Crippen LogP) is 1.81. The molecule has 22 heavy (non-hydrogen) atoms. The van der Waals surface area contributed by atoms with Crippen LogP contribution >= 0.6 is 0 Å². The van der Waals surface area contributed by atoms with Gasteiger partial charge in [0.15, 0.2) is 0 Å². The first kappa shape index (κ1) is 16.0. The van der Waals surface area contributed by atoms with E-state index in [2.05, 4.69) is 5.32 Å². The van der Waals surface area contributed by atoms with Gasteiger partial charge in [-0.1, -0.05) is 0 Å². The minimum absolute atomic E-state index is 0.0269. The summed E-state index contributed by atoms with van der Waals surface area (Å²) >= 11 is 0. The number of nitrogens with zero attached hydrogens (tertiary/aromatic N) is 1. The van der Waals surface area contributed by atoms with E-state index in [9.17, 15) is 14.4 Å². The number of likely N-dealkylation sites (tertiary alicyclic amines) is 1. The van der Waals surface area contributed by atoms with Gasteiger partial charge in [0, 0.05) is 18.7 Å². The van der Waals surface area contributed by atoms with Crippen LogP contribution in [0.25, 0.3) is 0 Å². The predicted molar refractivity (Wildman–Crippen MR) is 81.5 cm³/mol. The molecule has 2 amide bonds. The molecule has 2 rings (SSSR count). The molecule has 1 aliphatic heterocycles. The zero-order chi connectivity index (χ0) is 15.9. The van der Waals surface area contributed by atoms with E-state index in [4.69, 9.17) is 4.74 Å². The number of rotatable bonds is 5. The van der Waals surface area contributed by atoms with E-state index >= 15 is 0 Å². The summed E-state index contributed by atoms with van der Waals surface area (Å²) in [5.74, 6) is -0.600. The first-order valence-electron chi connectivity index (χ1n) is 7.45. The standard InChI is InChI=1S/C16H20N2O4/c1-2-22-16(21)12-6-8-13(9-7-12)17-14(19)11-18-10-4-3-5-15(18)20/h6-9H,2-5,10-11H2,1H3,(H,17,19). The van der Waals surface area contributed by atoms with Crippen LogP contribution in [0.1, 0.15) is 36.5 Å². The van der Waals surface area contributed by atoms with Gasteiger partial charge < -0.3 is 15.0 Å². The number of esters is 1. The lowest BCUT2D eigenvalue weighted by molar-refractivity contribution is -0.136. The molecule has 118 valence electrons. The fourth-order valence-electron chi connectivity index (χ4n) is 2.31. The summed E-state index contributed by atoms with van der Waals surface area (Å²) in [6.07, 6.45) is 2.35. The maximum atomic E-state index is 12.0. The van der Waals surface area contributed by atoms with Crippen molar-refractivity contribution in [3.05, 3.63) is 29.8 Å². The number of ether oxygens (including phenoxy) is 1. The summed E-state index contributed by atoms with van der Waals surface area (Å²) in [6, 6.07) is 6.48. The lowest BCUT2D eigenvalue weighted by Gasteiger charge is -2.25. The zero-order valence-electron chi connectivity index (χ0n) is 12.6. The van der Waals surface area contributed by atoms with E-state index in [-0.39, 0.29) is 24.3 Å². The van der Waals surface area contributed by atoms with Crippen molar-refractivity contribution >= 4 is 23.5 Å². The zero-order valence-corrected chi connectivity index (χ0v) is 12.6. The maximum Gasteiger partial charge on any atom is 0.338 e. The van der Waals surface area contributed by atoms with Crippen LogP contribution in [0.4, 0.5) is 5.69 Å². The second-order valence-electron chi connectivity index (χ2n) is 5.12. The third kappa shape index (κ3) is 4.31. The number of amides is 2. The van der Waals surface area contributed by atoms with Crippen LogP contribution in [-0.2, 0) is 14.3 Å². The molecule has 6 nitrogen and oxygen atoms in total. The Hall–Kier alpha value is -2.37. The van der Waals surface area contributed by atoms with E-state index in [0.717, 1.165) is 12.8 Å². The molecule has 1 aromatic carbocycles. The van der Waals surface area contributed by atoms with Crippen molar-refractivity contribution in [2.24, 2.45) is 0 Å². The Balaban J connectivity index is 1.88. The lowest BCUT2D eigenvalue weighted by atomic mass is 10.1. The van der Waals surface area contributed by atoms with Gasteiger partial charge in [-0.05, 0) is 44.0 Å². The van der Waals surface area contributed by atoms with Gasteiger partial charge in [-0.2, -0.15) is 0 Å². The first-order valence-corrected chi connectivity index (χ1v) is 7.45. The van der Waals surface area contributed by atoms with Gasteiger partial charge in [-0.25, -0.2) is 4.79 Å². The molecule has 1 heterocycles. The fourth-order valence-corrected chi connectivity index (χ4v) is 2.31. The van der Waals surface area contributed by atoms with Crippen molar-refractivity contribution in [3.63, 3.8) is 0 Å². The average Bonchev–Trinajstić information content (AvgIpc) is 2.50. The molecule has 0 unspecified atom stereocenters. The van der Waals surface area contributed by atoms with E-state index in [1.165, 1.54) is 0 Å². The number of nitrogens with one attached hydrogen (secondary N) is 1. The van der Waals surface area contributed by atoms with Gasteiger partial charge in [0.1, 0.15) is 0 Å². The Morgan fingerprint density at radius 1 is 1.23 bits per heavy atom. The molecule has 0 aliphatic carbocycles. The van der Waals surface area contributed by atoms with Crippen LogP contribution in [0.5, 0.6) is 0 Å². The minimum Gasteiger partial charge on any atom is -0.462 e. The highest BCUT2D eigenvalue weighted by Gasteiger charge is 2.20. The lowest BCUT2D eigenvalue weighted by Crippen LogP contribution is -2.40. The van der Waals surface area contributed by atoms with Crippen molar-refractivity contribution in [2.45, 2.75) is 26.2 Å². The molecule has 0 spiro atoms. The number of anilines is 1. The van der Waals surface area contributed by atoms with Gasteiger partial charge in [-0.15, -0.1) is 0 Å². The molecule has 6 heteroatoms. The molecule has 0 aromatic heterocycles. The molecule has 1 aromatic rings. The normalized spacial score (nSPS) is 14.6. The van der Waals surface area contributed by atoms with Gasteiger partial charge in [-0.3, -0.25) is 9.59 Å². The van der Waals surface area contributed by atoms with Crippen LogP contribution in [0, 0.1) is 0 Å². The van der Waals surface area contributed by atoms with Crippen molar-refractivity contribution in [2.75, 3.05) is 25.0 Å². The number of carbonyl (C=O) groups excluding carboxylic acids is 3. The van der Waals surface area contributed by atoms with Gasteiger partial charge >= 0.3 is 5.97 Å². The third-order valence-corrected chi connectivity index (χ3v) is 3.44. The maximum absolute atomic E-state index is 12.0. The number of benzene rings is 1. The van der Waals surface area contributed by atoms with Crippen molar-refractivity contribution in [3.8, 4) is 0 Å². The summed E-state index contributed by atoms with van der Waals surface area (Å²) in [5.41, 5.74) is 1.02. The van der Waals surface area contributed by atoms with E-state index in [1.54, 1.807) is 36.1 Å². The second kappa shape index (κ2) is 7.59. The number of piperidine rings is 1. The SMILES string of the molecule is CCOC(=O)c1ccc(NC(=O)CN2CCCCC2=O)cc1. The smallest absolute Gasteiger partial charge is 0.338 e. The molecular weight excluding hydrogens is 284 g/mol. The molecule has 0 atom stereocenters. The quantitative estimate of drug-likeness (QED) is 0.842. The third-order valence-electron chi connectivity index (χ3n) is 3.44. The Labute approximate surface area is 129 Å². The number of hydrogen-bond acceptors (Lipinski definition) is 4. The monoisotopic (exact) mass is 304 g/mol. The van der Waals surface area contributed by atoms with Crippen molar-refractivity contribution in [1.82, 2.24) is 4.90 Å². The molecule has 1 saturated heterocycles. The molecule has 0 saturated carbocycles. The molecular formula is C16H20N2O4. The Morgan fingerprint density at radius 3 is 2.59 bits per heavy atom. The fraction of sp³-hybridized carbons (Fsp3) is 0.438. The summed E-state index contributed by atoms with van der Waals surface area (Å²) < 4.78 is 4.89.